The number of allylic oxidation sites excluding steroid dienone is 7. The smallest absolute Gasteiger partial charge is 0.00350 e. The van der Waals surface area contributed by atoms with Crippen LogP contribution in [0.3, 0.4) is 0 Å². The Morgan fingerprint density at radius 1 is 1.29 bits per heavy atom. The molecular formula is C21H24. The van der Waals surface area contributed by atoms with Gasteiger partial charge in [0.25, 0.3) is 0 Å². The highest BCUT2D eigenvalue weighted by molar-refractivity contribution is 5.80. The fourth-order valence-electron chi connectivity index (χ4n) is 3.65. The molecule has 1 atom stereocenters. The average Bonchev–Trinajstić information content (AvgIpc) is 2.85. The van der Waals surface area contributed by atoms with E-state index in [1.807, 2.05) is 0 Å². The Hall–Kier alpha value is -1.82. The Kier molecular flexibility index (Phi) is 3.71. The van der Waals surface area contributed by atoms with Gasteiger partial charge in [0.15, 0.2) is 0 Å². The van der Waals surface area contributed by atoms with Crippen molar-refractivity contribution in [2.75, 3.05) is 0 Å². The van der Waals surface area contributed by atoms with Crippen molar-refractivity contribution >= 4 is 11.1 Å². The molecule has 0 fully saturated rings. The van der Waals surface area contributed by atoms with Crippen LogP contribution in [-0.4, -0.2) is 0 Å². The second-order valence-corrected chi connectivity index (χ2v) is 6.29. The molecule has 0 heteroatoms. The van der Waals surface area contributed by atoms with E-state index >= 15 is 0 Å². The molecule has 1 unspecified atom stereocenters. The van der Waals surface area contributed by atoms with Crippen molar-refractivity contribution < 1.29 is 0 Å². The summed E-state index contributed by atoms with van der Waals surface area (Å²) in [6, 6.07) is 8.83. The summed E-state index contributed by atoms with van der Waals surface area (Å²) >= 11 is 0. The van der Waals surface area contributed by atoms with Crippen LogP contribution >= 0.6 is 0 Å². The normalized spacial score (nSPS) is 23.3. The van der Waals surface area contributed by atoms with Crippen LogP contribution in [-0.2, 0) is 0 Å². The van der Waals surface area contributed by atoms with Crippen LogP contribution in [0.25, 0.3) is 11.1 Å². The minimum absolute atomic E-state index is 0.552. The van der Waals surface area contributed by atoms with Gasteiger partial charge in [0, 0.05) is 5.92 Å². The van der Waals surface area contributed by atoms with Crippen LogP contribution < -0.4 is 0 Å². The summed E-state index contributed by atoms with van der Waals surface area (Å²) in [4.78, 5) is 0. The lowest BCUT2D eigenvalue weighted by Gasteiger charge is -2.21. The summed E-state index contributed by atoms with van der Waals surface area (Å²) in [5.74, 6) is 0.552. The van der Waals surface area contributed by atoms with Gasteiger partial charge >= 0.3 is 0 Å². The van der Waals surface area contributed by atoms with Gasteiger partial charge in [-0.05, 0) is 67.0 Å². The summed E-state index contributed by atoms with van der Waals surface area (Å²) in [5.41, 5.74) is 9.91. The quantitative estimate of drug-likeness (QED) is 0.605. The summed E-state index contributed by atoms with van der Waals surface area (Å²) in [6.45, 7) is 10.7. The Morgan fingerprint density at radius 3 is 2.81 bits per heavy atom. The Balaban J connectivity index is 2.02. The molecule has 0 spiro atoms. The zero-order valence-corrected chi connectivity index (χ0v) is 13.4. The average molecular weight is 276 g/mol. The van der Waals surface area contributed by atoms with Crippen molar-refractivity contribution in [2.24, 2.45) is 5.92 Å². The van der Waals surface area contributed by atoms with Gasteiger partial charge in [0.1, 0.15) is 0 Å². The third-order valence-corrected chi connectivity index (χ3v) is 4.91. The molecule has 108 valence electrons. The van der Waals surface area contributed by atoms with E-state index in [0.29, 0.717) is 5.92 Å². The van der Waals surface area contributed by atoms with E-state index in [2.05, 4.69) is 63.8 Å². The van der Waals surface area contributed by atoms with E-state index in [1.54, 1.807) is 5.57 Å². The van der Waals surface area contributed by atoms with E-state index in [9.17, 15) is 0 Å². The highest BCUT2D eigenvalue weighted by Crippen LogP contribution is 2.46. The van der Waals surface area contributed by atoms with Gasteiger partial charge < -0.3 is 0 Å². The Labute approximate surface area is 128 Å². The van der Waals surface area contributed by atoms with Crippen LogP contribution in [0, 0.1) is 5.92 Å². The lowest BCUT2D eigenvalue weighted by atomic mass is 9.84. The number of hydrogen-bond donors (Lipinski definition) is 0. The summed E-state index contributed by atoms with van der Waals surface area (Å²) < 4.78 is 0. The second kappa shape index (κ2) is 5.52. The minimum atomic E-state index is 0.552. The second-order valence-electron chi connectivity index (χ2n) is 6.29. The molecule has 0 aliphatic heterocycles. The highest BCUT2D eigenvalue weighted by atomic mass is 14.3. The third-order valence-electron chi connectivity index (χ3n) is 4.91. The fraction of sp³-hybridized carbons (Fsp3) is 0.333. The molecule has 0 nitrogen and oxygen atoms in total. The molecule has 0 radical (unpaired) electrons. The van der Waals surface area contributed by atoms with Crippen LogP contribution in [0.1, 0.15) is 51.2 Å². The Bertz CT molecular complexity index is 680. The maximum atomic E-state index is 4.07. The molecule has 0 bridgehead atoms. The minimum Gasteiger partial charge on any atom is -0.0955 e. The molecule has 0 N–H and O–H groups in total. The largest absolute Gasteiger partial charge is 0.0955 e. The van der Waals surface area contributed by atoms with Crippen molar-refractivity contribution in [2.45, 2.75) is 40.0 Å². The van der Waals surface area contributed by atoms with Crippen molar-refractivity contribution in [1.29, 1.82) is 0 Å². The number of rotatable bonds is 2. The lowest BCUT2D eigenvalue weighted by Crippen LogP contribution is -2.04. The molecule has 3 rings (SSSR count). The third kappa shape index (κ3) is 2.44. The topological polar surface area (TPSA) is 0 Å². The maximum Gasteiger partial charge on any atom is 0.00350 e. The molecule has 1 aromatic rings. The monoisotopic (exact) mass is 276 g/mol. The van der Waals surface area contributed by atoms with E-state index in [4.69, 9.17) is 0 Å². The van der Waals surface area contributed by atoms with Crippen LogP contribution in [0.15, 0.2) is 59.7 Å². The summed E-state index contributed by atoms with van der Waals surface area (Å²) in [7, 11) is 0. The first kappa shape index (κ1) is 14.1. The van der Waals surface area contributed by atoms with Gasteiger partial charge in [-0.2, -0.15) is 0 Å². The van der Waals surface area contributed by atoms with Gasteiger partial charge in [0.05, 0.1) is 0 Å². The van der Waals surface area contributed by atoms with Crippen LogP contribution in [0.5, 0.6) is 0 Å². The molecule has 2 aliphatic carbocycles. The van der Waals surface area contributed by atoms with E-state index in [1.165, 1.54) is 47.1 Å². The summed E-state index contributed by atoms with van der Waals surface area (Å²) in [6.07, 6.45) is 8.53. The first-order valence-corrected chi connectivity index (χ1v) is 7.98. The molecule has 1 aromatic carbocycles. The lowest BCUT2D eigenvalue weighted by molar-refractivity contribution is 0.710. The van der Waals surface area contributed by atoms with Crippen molar-refractivity contribution in [3.8, 4) is 0 Å². The van der Waals surface area contributed by atoms with Gasteiger partial charge in [-0.3, -0.25) is 0 Å². The molecule has 0 saturated carbocycles. The molecular weight excluding hydrogens is 252 g/mol. The van der Waals surface area contributed by atoms with E-state index < -0.39 is 0 Å². The number of benzene rings is 1. The van der Waals surface area contributed by atoms with Crippen molar-refractivity contribution in [3.63, 3.8) is 0 Å². The molecule has 0 amide bonds. The molecule has 2 aliphatic rings. The van der Waals surface area contributed by atoms with Gasteiger partial charge in [0.2, 0.25) is 0 Å². The molecule has 0 saturated heterocycles. The van der Waals surface area contributed by atoms with Gasteiger partial charge in [-0.1, -0.05) is 55.0 Å². The molecule has 0 heterocycles. The predicted molar refractivity (Wildman–Crippen MR) is 92.9 cm³/mol. The molecule has 21 heavy (non-hydrogen) atoms. The highest BCUT2D eigenvalue weighted by Gasteiger charge is 2.28. The van der Waals surface area contributed by atoms with Gasteiger partial charge in [-0.25, -0.2) is 0 Å². The van der Waals surface area contributed by atoms with E-state index in [0.717, 1.165) is 5.57 Å². The van der Waals surface area contributed by atoms with Gasteiger partial charge in [-0.15, -0.1) is 0 Å². The first-order chi connectivity index (χ1) is 10.1. The van der Waals surface area contributed by atoms with Crippen LogP contribution in [0.2, 0.25) is 0 Å². The maximum absolute atomic E-state index is 4.07. The zero-order chi connectivity index (χ0) is 15.0. The summed E-state index contributed by atoms with van der Waals surface area (Å²) in [5, 5.41) is 0. The zero-order valence-electron chi connectivity index (χ0n) is 13.4. The fourth-order valence-corrected chi connectivity index (χ4v) is 3.65. The first-order valence-electron chi connectivity index (χ1n) is 7.98. The van der Waals surface area contributed by atoms with E-state index in [-0.39, 0.29) is 0 Å². The van der Waals surface area contributed by atoms with Crippen molar-refractivity contribution in [1.82, 2.24) is 0 Å². The molecule has 0 aromatic heterocycles. The number of hydrogen-bond acceptors (Lipinski definition) is 0. The van der Waals surface area contributed by atoms with Crippen LogP contribution in [0.4, 0.5) is 0 Å². The van der Waals surface area contributed by atoms with Crippen molar-refractivity contribution in [3.05, 3.63) is 70.8 Å². The predicted octanol–water partition coefficient (Wildman–Crippen LogP) is 6.18. The Morgan fingerprint density at radius 2 is 2.10 bits per heavy atom. The SMILES string of the molecule is C=C(C)c1cccc(C2=CC3=C(CCCC3=CC)C2C)c1. The standard InChI is InChI=1S/C21H24/c1-5-16-8-7-11-19-15(4)20(13-21(16)19)18-10-6-9-17(12-18)14(2)3/h5-6,9-10,12-13,15H,2,7-8,11H2,1,3-4H3.